The maximum absolute atomic E-state index is 5.96. The molecule has 0 aliphatic rings. The molecule has 28 heavy (non-hydrogen) atoms. The molecule has 0 bridgehead atoms. The predicted molar refractivity (Wildman–Crippen MR) is 123 cm³/mol. The van der Waals surface area contributed by atoms with E-state index in [9.17, 15) is 0 Å². The van der Waals surface area contributed by atoms with Gasteiger partial charge in [0.25, 0.3) is 0 Å². The molecule has 0 saturated heterocycles. The summed E-state index contributed by atoms with van der Waals surface area (Å²) in [6, 6.07) is 8.69. The van der Waals surface area contributed by atoms with E-state index in [4.69, 9.17) is 9.73 Å². The fourth-order valence-electron chi connectivity index (χ4n) is 3.09. The second-order valence-electron chi connectivity index (χ2n) is 8.16. The minimum atomic E-state index is -0.103. The standard InChI is InChI=1S/C24H39N3O/c1-8-10-19(3)27-23(25-7)22-13-11-20(12-14-22)21(15-17-26-9-2)16-18-28-24(4,5)6/h9,11-14,21,26H,2,8,10,15-18H2,1,3-7H3. The Hall–Kier alpha value is -1.94. The number of hydrogen-bond acceptors (Lipinski definition) is 3. The Morgan fingerprint density at radius 2 is 1.89 bits per heavy atom. The molecule has 156 valence electrons. The molecule has 0 amide bonds. The summed E-state index contributed by atoms with van der Waals surface area (Å²) in [6.45, 7) is 15.9. The molecule has 1 atom stereocenters. The number of benzene rings is 1. The monoisotopic (exact) mass is 385 g/mol. The van der Waals surface area contributed by atoms with Gasteiger partial charge >= 0.3 is 0 Å². The summed E-state index contributed by atoms with van der Waals surface area (Å²) < 4.78 is 5.96. The van der Waals surface area contributed by atoms with E-state index in [1.165, 1.54) is 5.56 Å². The minimum Gasteiger partial charge on any atom is -0.391 e. The van der Waals surface area contributed by atoms with Crippen molar-refractivity contribution in [3.8, 4) is 0 Å². The van der Waals surface area contributed by atoms with Crippen molar-refractivity contribution in [2.45, 2.75) is 71.8 Å². The fourth-order valence-corrected chi connectivity index (χ4v) is 3.09. The SMILES string of the molecule is C=CNCCC(CCOC(C)(C)C)c1ccc(C(N=C(C)CCC)=NC)cc1. The Morgan fingerprint density at radius 3 is 2.43 bits per heavy atom. The van der Waals surface area contributed by atoms with Crippen LogP contribution in [0, 0.1) is 0 Å². The summed E-state index contributed by atoms with van der Waals surface area (Å²) in [5.74, 6) is 1.25. The van der Waals surface area contributed by atoms with Crippen LogP contribution in [0.3, 0.4) is 0 Å². The van der Waals surface area contributed by atoms with E-state index < -0.39 is 0 Å². The lowest BCUT2D eigenvalue weighted by Crippen LogP contribution is -2.21. The fraction of sp³-hybridized carbons (Fsp3) is 0.583. The summed E-state index contributed by atoms with van der Waals surface area (Å²) >= 11 is 0. The highest BCUT2D eigenvalue weighted by Gasteiger charge is 2.15. The smallest absolute Gasteiger partial charge is 0.154 e. The summed E-state index contributed by atoms with van der Waals surface area (Å²) in [4.78, 5) is 9.07. The highest BCUT2D eigenvalue weighted by molar-refractivity contribution is 6.06. The van der Waals surface area contributed by atoms with Crippen LogP contribution in [0.1, 0.15) is 77.3 Å². The molecule has 0 saturated carbocycles. The van der Waals surface area contributed by atoms with Crippen molar-refractivity contribution in [2.24, 2.45) is 9.98 Å². The minimum absolute atomic E-state index is 0.103. The van der Waals surface area contributed by atoms with Crippen molar-refractivity contribution in [1.82, 2.24) is 5.32 Å². The van der Waals surface area contributed by atoms with E-state index in [0.717, 1.165) is 55.9 Å². The molecule has 0 heterocycles. The van der Waals surface area contributed by atoms with Crippen molar-refractivity contribution < 1.29 is 4.74 Å². The van der Waals surface area contributed by atoms with Crippen LogP contribution in [0.2, 0.25) is 0 Å². The van der Waals surface area contributed by atoms with Gasteiger partial charge in [0.05, 0.1) is 5.60 Å². The Kier molecular flexibility index (Phi) is 10.8. The van der Waals surface area contributed by atoms with Gasteiger partial charge in [0, 0.05) is 31.5 Å². The first-order valence-corrected chi connectivity index (χ1v) is 10.4. The van der Waals surface area contributed by atoms with Gasteiger partial charge < -0.3 is 10.1 Å². The van der Waals surface area contributed by atoms with Gasteiger partial charge in [-0.05, 0) is 64.6 Å². The number of ether oxygens (including phenoxy) is 1. The zero-order valence-electron chi connectivity index (χ0n) is 18.7. The summed E-state index contributed by atoms with van der Waals surface area (Å²) in [6.07, 6.45) is 5.90. The first-order chi connectivity index (χ1) is 13.3. The predicted octanol–water partition coefficient (Wildman–Crippen LogP) is 5.74. The molecule has 0 spiro atoms. The summed E-state index contributed by atoms with van der Waals surface area (Å²) in [5.41, 5.74) is 3.42. The molecule has 1 unspecified atom stereocenters. The van der Waals surface area contributed by atoms with E-state index in [1.54, 1.807) is 13.2 Å². The first-order valence-electron chi connectivity index (χ1n) is 10.4. The first kappa shape index (κ1) is 24.1. The Bertz CT molecular complexity index is 639. The second kappa shape index (κ2) is 12.5. The van der Waals surface area contributed by atoms with Gasteiger partial charge in [-0.3, -0.25) is 4.99 Å². The topological polar surface area (TPSA) is 46.0 Å². The van der Waals surface area contributed by atoms with E-state index in [1.807, 2.05) is 0 Å². The van der Waals surface area contributed by atoms with Crippen LogP contribution in [0.15, 0.2) is 47.0 Å². The molecule has 0 aromatic heterocycles. The van der Waals surface area contributed by atoms with Gasteiger partial charge in [-0.25, -0.2) is 4.99 Å². The van der Waals surface area contributed by atoms with Gasteiger partial charge in [0.15, 0.2) is 5.84 Å². The third-order valence-corrected chi connectivity index (χ3v) is 4.54. The number of nitrogens with one attached hydrogen (secondary N) is 1. The number of rotatable bonds is 11. The largest absolute Gasteiger partial charge is 0.391 e. The van der Waals surface area contributed by atoms with Crippen molar-refractivity contribution in [3.05, 3.63) is 48.2 Å². The van der Waals surface area contributed by atoms with Crippen LogP contribution in [0.25, 0.3) is 0 Å². The molecule has 0 fully saturated rings. The average Bonchev–Trinajstić information content (AvgIpc) is 2.64. The summed E-state index contributed by atoms with van der Waals surface area (Å²) in [7, 11) is 1.81. The van der Waals surface area contributed by atoms with Crippen LogP contribution in [0.5, 0.6) is 0 Å². The van der Waals surface area contributed by atoms with Crippen molar-refractivity contribution in [1.29, 1.82) is 0 Å². The van der Waals surface area contributed by atoms with Crippen molar-refractivity contribution in [3.63, 3.8) is 0 Å². The molecule has 1 aromatic carbocycles. The van der Waals surface area contributed by atoms with E-state index >= 15 is 0 Å². The van der Waals surface area contributed by atoms with Gasteiger partial charge in [-0.1, -0.05) is 44.2 Å². The maximum atomic E-state index is 5.96. The molecule has 0 aliphatic carbocycles. The number of nitrogens with zero attached hydrogens (tertiary/aromatic N) is 2. The molecular formula is C24H39N3O. The molecule has 4 heteroatoms. The van der Waals surface area contributed by atoms with E-state index in [-0.39, 0.29) is 5.60 Å². The lowest BCUT2D eigenvalue weighted by atomic mass is 9.92. The Balaban J connectivity index is 2.90. The zero-order chi connectivity index (χ0) is 21.0. The van der Waals surface area contributed by atoms with Crippen molar-refractivity contribution in [2.75, 3.05) is 20.2 Å². The molecule has 0 radical (unpaired) electrons. The van der Waals surface area contributed by atoms with Crippen LogP contribution >= 0.6 is 0 Å². The quantitative estimate of drug-likeness (QED) is 0.300. The highest BCUT2D eigenvalue weighted by Crippen LogP contribution is 2.25. The van der Waals surface area contributed by atoms with Crippen LogP contribution in [-0.4, -0.2) is 37.3 Å². The van der Waals surface area contributed by atoms with Crippen LogP contribution < -0.4 is 5.32 Å². The molecule has 0 aliphatic heterocycles. The highest BCUT2D eigenvalue weighted by atomic mass is 16.5. The molecule has 4 nitrogen and oxygen atoms in total. The van der Waals surface area contributed by atoms with Gasteiger partial charge in [0.1, 0.15) is 0 Å². The third kappa shape index (κ3) is 9.32. The van der Waals surface area contributed by atoms with Gasteiger partial charge in [0.2, 0.25) is 0 Å². The molecular weight excluding hydrogens is 346 g/mol. The summed E-state index contributed by atoms with van der Waals surface area (Å²) in [5, 5.41) is 3.21. The number of amidine groups is 1. The average molecular weight is 386 g/mol. The second-order valence-corrected chi connectivity index (χ2v) is 8.16. The number of hydrogen-bond donors (Lipinski definition) is 1. The number of aliphatic imine (C=N–C) groups is 2. The van der Waals surface area contributed by atoms with Gasteiger partial charge in [-0.2, -0.15) is 0 Å². The van der Waals surface area contributed by atoms with E-state index in [0.29, 0.717) is 5.92 Å². The lowest BCUT2D eigenvalue weighted by Gasteiger charge is -2.23. The van der Waals surface area contributed by atoms with Crippen LogP contribution in [0.4, 0.5) is 0 Å². The Labute approximate surface area is 172 Å². The third-order valence-electron chi connectivity index (χ3n) is 4.54. The van der Waals surface area contributed by atoms with E-state index in [2.05, 4.69) is 75.8 Å². The van der Waals surface area contributed by atoms with Crippen molar-refractivity contribution >= 4 is 11.5 Å². The maximum Gasteiger partial charge on any atom is 0.154 e. The molecule has 1 rings (SSSR count). The Morgan fingerprint density at radius 1 is 1.21 bits per heavy atom. The molecule has 1 N–H and O–H groups in total. The zero-order valence-corrected chi connectivity index (χ0v) is 18.7. The lowest BCUT2D eigenvalue weighted by molar-refractivity contribution is -0.00645. The van der Waals surface area contributed by atoms with Crippen LogP contribution in [-0.2, 0) is 4.74 Å². The molecule has 1 aromatic rings. The normalized spacial score (nSPS) is 14.1. The van der Waals surface area contributed by atoms with Gasteiger partial charge in [-0.15, -0.1) is 0 Å².